The molecule has 0 amide bonds. The van der Waals surface area contributed by atoms with E-state index in [0.717, 1.165) is 30.8 Å². The summed E-state index contributed by atoms with van der Waals surface area (Å²) >= 11 is 0. The molecule has 0 unspecified atom stereocenters. The highest BCUT2D eigenvalue weighted by molar-refractivity contribution is 5.46. The summed E-state index contributed by atoms with van der Waals surface area (Å²) in [5.74, 6) is 0. The van der Waals surface area contributed by atoms with Gasteiger partial charge in [-0.25, -0.2) is 4.68 Å². The molecule has 1 aliphatic rings. The van der Waals surface area contributed by atoms with E-state index in [1.165, 1.54) is 34.5 Å². The molecule has 1 aromatic carbocycles. The summed E-state index contributed by atoms with van der Waals surface area (Å²) in [5, 5.41) is 15.7. The van der Waals surface area contributed by atoms with Crippen LogP contribution in [0.1, 0.15) is 52.7 Å². The molecule has 5 nitrogen and oxygen atoms in total. The van der Waals surface area contributed by atoms with Gasteiger partial charge in [0.1, 0.15) is 0 Å². The zero-order chi connectivity index (χ0) is 17.4. The van der Waals surface area contributed by atoms with Gasteiger partial charge in [-0.1, -0.05) is 12.1 Å². The van der Waals surface area contributed by atoms with E-state index in [4.69, 9.17) is 5.10 Å². The third-order valence-corrected chi connectivity index (χ3v) is 5.28. The molecule has 0 saturated heterocycles. The average molecular weight is 335 g/mol. The van der Waals surface area contributed by atoms with E-state index >= 15 is 0 Å². The van der Waals surface area contributed by atoms with E-state index in [-0.39, 0.29) is 0 Å². The Hall–Kier alpha value is -2.40. The van der Waals surface area contributed by atoms with Crippen LogP contribution in [0.25, 0.3) is 5.69 Å². The van der Waals surface area contributed by atoms with Crippen molar-refractivity contribution in [2.75, 3.05) is 0 Å². The van der Waals surface area contributed by atoms with Crippen LogP contribution in [0.5, 0.6) is 0 Å². The lowest BCUT2D eigenvalue weighted by molar-refractivity contribution is 0.452. The molecule has 3 aromatic rings. The molecule has 2 aromatic heterocycles. The van der Waals surface area contributed by atoms with Gasteiger partial charge in [0.05, 0.1) is 17.6 Å². The molecule has 0 spiro atoms. The molecule has 2 heterocycles. The third kappa shape index (κ3) is 3.00. The Morgan fingerprint density at radius 2 is 2.16 bits per heavy atom. The van der Waals surface area contributed by atoms with Crippen LogP contribution in [0, 0.1) is 20.8 Å². The van der Waals surface area contributed by atoms with Gasteiger partial charge in [0.2, 0.25) is 0 Å². The van der Waals surface area contributed by atoms with Crippen molar-refractivity contribution >= 4 is 0 Å². The first-order valence-electron chi connectivity index (χ1n) is 9.01. The number of rotatable bonds is 4. The lowest BCUT2D eigenvalue weighted by Gasteiger charge is -2.24. The van der Waals surface area contributed by atoms with Gasteiger partial charge in [-0.3, -0.25) is 5.10 Å². The molecule has 0 radical (unpaired) electrons. The Kier molecular flexibility index (Phi) is 4.17. The number of aromatic nitrogens is 4. The number of H-pyrrole nitrogens is 1. The molecule has 130 valence electrons. The van der Waals surface area contributed by atoms with E-state index in [0.29, 0.717) is 6.04 Å². The molecule has 1 aliphatic carbocycles. The van der Waals surface area contributed by atoms with Gasteiger partial charge in [0.25, 0.3) is 0 Å². The number of aromatic amines is 1. The first-order chi connectivity index (χ1) is 12.1. The standard InChI is InChI=1S/C20H25N5/c1-13-6-4-8-19(15(13)3)25-20-9-5-7-18(17(20)12-22-25)21-11-16-10-14(2)23-24-16/h4,6,8,10,12,18,21H,5,7,9,11H2,1-3H3,(H,23,24)/t18-/m1/s1. The van der Waals surface area contributed by atoms with Crippen LogP contribution in [-0.4, -0.2) is 20.0 Å². The largest absolute Gasteiger partial charge is 0.304 e. The molecule has 0 saturated carbocycles. The predicted octanol–water partition coefficient (Wildman–Crippen LogP) is 3.69. The molecule has 25 heavy (non-hydrogen) atoms. The number of fused-ring (bicyclic) bond motifs is 1. The van der Waals surface area contributed by atoms with Crippen molar-refractivity contribution in [1.82, 2.24) is 25.3 Å². The number of aryl methyl sites for hydroxylation is 2. The molecule has 5 heteroatoms. The summed E-state index contributed by atoms with van der Waals surface area (Å²) in [6, 6.07) is 8.88. The lowest BCUT2D eigenvalue weighted by atomic mass is 9.92. The Morgan fingerprint density at radius 3 is 2.96 bits per heavy atom. The third-order valence-electron chi connectivity index (χ3n) is 5.28. The van der Waals surface area contributed by atoms with Gasteiger partial charge in [-0.2, -0.15) is 10.2 Å². The van der Waals surface area contributed by atoms with Gasteiger partial charge in [0, 0.05) is 29.5 Å². The quantitative estimate of drug-likeness (QED) is 0.764. The van der Waals surface area contributed by atoms with Crippen LogP contribution in [0.3, 0.4) is 0 Å². The molecular weight excluding hydrogens is 310 g/mol. The molecule has 0 aliphatic heterocycles. The van der Waals surface area contributed by atoms with Crippen LogP contribution >= 0.6 is 0 Å². The predicted molar refractivity (Wildman–Crippen MR) is 98.9 cm³/mol. The van der Waals surface area contributed by atoms with Crippen molar-refractivity contribution in [2.45, 2.75) is 52.6 Å². The van der Waals surface area contributed by atoms with Crippen LogP contribution in [0.4, 0.5) is 0 Å². The summed E-state index contributed by atoms with van der Waals surface area (Å²) in [6.45, 7) is 7.15. The van der Waals surface area contributed by atoms with Gasteiger partial charge in [0.15, 0.2) is 0 Å². The Bertz CT molecular complexity index is 889. The lowest BCUT2D eigenvalue weighted by Crippen LogP contribution is -2.25. The highest BCUT2D eigenvalue weighted by Crippen LogP contribution is 2.32. The Balaban J connectivity index is 1.61. The van der Waals surface area contributed by atoms with E-state index in [2.05, 4.69) is 58.3 Å². The summed E-state index contributed by atoms with van der Waals surface area (Å²) in [4.78, 5) is 0. The van der Waals surface area contributed by atoms with E-state index < -0.39 is 0 Å². The van der Waals surface area contributed by atoms with Crippen molar-refractivity contribution < 1.29 is 0 Å². The van der Waals surface area contributed by atoms with E-state index in [1.54, 1.807) is 0 Å². The zero-order valence-electron chi connectivity index (χ0n) is 15.1. The highest BCUT2D eigenvalue weighted by Gasteiger charge is 2.25. The smallest absolute Gasteiger partial charge is 0.0762 e. The van der Waals surface area contributed by atoms with Gasteiger partial charge in [-0.15, -0.1) is 0 Å². The second kappa shape index (κ2) is 6.48. The minimum atomic E-state index is 0.347. The maximum atomic E-state index is 4.73. The first kappa shape index (κ1) is 16.1. The molecule has 0 fully saturated rings. The minimum absolute atomic E-state index is 0.347. The van der Waals surface area contributed by atoms with Crippen molar-refractivity contribution in [3.05, 3.63) is 64.2 Å². The monoisotopic (exact) mass is 335 g/mol. The average Bonchev–Trinajstić information content (AvgIpc) is 3.22. The zero-order valence-corrected chi connectivity index (χ0v) is 15.1. The van der Waals surface area contributed by atoms with Gasteiger partial charge < -0.3 is 5.32 Å². The van der Waals surface area contributed by atoms with Gasteiger partial charge in [-0.05, 0) is 63.3 Å². The van der Waals surface area contributed by atoms with Gasteiger partial charge >= 0.3 is 0 Å². The fraction of sp³-hybridized carbons (Fsp3) is 0.400. The molecule has 0 bridgehead atoms. The van der Waals surface area contributed by atoms with Crippen LogP contribution in [0.15, 0.2) is 30.5 Å². The number of nitrogens with zero attached hydrogens (tertiary/aromatic N) is 3. The van der Waals surface area contributed by atoms with E-state index in [9.17, 15) is 0 Å². The van der Waals surface area contributed by atoms with Crippen LogP contribution < -0.4 is 5.32 Å². The first-order valence-corrected chi connectivity index (χ1v) is 9.01. The second-order valence-corrected chi connectivity index (χ2v) is 7.05. The number of nitrogens with one attached hydrogen (secondary N) is 2. The fourth-order valence-electron chi connectivity index (χ4n) is 3.73. The van der Waals surface area contributed by atoms with Crippen molar-refractivity contribution in [1.29, 1.82) is 0 Å². The SMILES string of the molecule is Cc1cc(CN[C@@H]2CCCc3c2cnn3-c2cccc(C)c2C)n[nH]1. The summed E-state index contributed by atoms with van der Waals surface area (Å²) < 4.78 is 2.14. The highest BCUT2D eigenvalue weighted by atomic mass is 15.3. The Morgan fingerprint density at radius 1 is 1.28 bits per heavy atom. The number of hydrogen-bond donors (Lipinski definition) is 2. The Labute approximate surface area is 148 Å². The maximum Gasteiger partial charge on any atom is 0.0762 e. The molecule has 4 rings (SSSR count). The maximum absolute atomic E-state index is 4.73. The molecule has 1 atom stereocenters. The summed E-state index contributed by atoms with van der Waals surface area (Å²) in [5.41, 5.74) is 8.65. The normalized spacial score (nSPS) is 16.8. The van der Waals surface area contributed by atoms with E-state index in [1.807, 2.05) is 13.1 Å². The summed E-state index contributed by atoms with van der Waals surface area (Å²) in [7, 11) is 0. The second-order valence-electron chi connectivity index (χ2n) is 7.05. The van der Waals surface area contributed by atoms with Crippen LogP contribution in [-0.2, 0) is 13.0 Å². The number of hydrogen-bond acceptors (Lipinski definition) is 3. The van der Waals surface area contributed by atoms with Crippen molar-refractivity contribution in [2.24, 2.45) is 0 Å². The fourth-order valence-corrected chi connectivity index (χ4v) is 3.73. The minimum Gasteiger partial charge on any atom is -0.304 e. The summed E-state index contributed by atoms with van der Waals surface area (Å²) in [6.07, 6.45) is 5.46. The molecular formula is C20H25N5. The van der Waals surface area contributed by atoms with Crippen molar-refractivity contribution in [3.8, 4) is 5.69 Å². The topological polar surface area (TPSA) is 58.5 Å². The van der Waals surface area contributed by atoms with Crippen LogP contribution in [0.2, 0.25) is 0 Å². The van der Waals surface area contributed by atoms with Crippen molar-refractivity contribution in [3.63, 3.8) is 0 Å². The number of benzene rings is 1. The molecule has 2 N–H and O–H groups in total.